The number of carbonyl (C=O) groups is 1. The number of nitrogens with zero attached hydrogens (tertiary/aromatic N) is 2. The third kappa shape index (κ3) is 3.36. The van der Waals surface area contributed by atoms with Crippen LogP contribution >= 0.6 is 11.3 Å². The zero-order chi connectivity index (χ0) is 15.5. The molecule has 2 heterocycles. The predicted octanol–water partition coefficient (Wildman–Crippen LogP) is 2.61. The smallest absolute Gasteiger partial charge is 0.265 e. The summed E-state index contributed by atoms with van der Waals surface area (Å²) >= 11 is 1.52. The molecule has 3 rings (SSSR count). The lowest BCUT2D eigenvalue weighted by atomic mass is 10.1. The molecule has 1 amide bonds. The first kappa shape index (κ1) is 15.2. The Morgan fingerprint density at radius 1 is 1.32 bits per heavy atom. The second-order valence-corrected chi connectivity index (χ2v) is 6.90. The van der Waals surface area contributed by atoms with Gasteiger partial charge in [-0.2, -0.15) is 0 Å². The number of hydrogen-bond acceptors (Lipinski definition) is 4. The van der Waals surface area contributed by atoms with E-state index in [0.717, 1.165) is 47.9 Å². The van der Waals surface area contributed by atoms with E-state index in [1.165, 1.54) is 16.9 Å². The lowest BCUT2D eigenvalue weighted by Crippen LogP contribution is -2.42. The number of likely N-dealkylation sites (tertiary alicyclic amines) is 1. The molecule has 2 N–H and O–H groups in total. The summed E-state index contributed by atoms with van der Waals surface area (Å²) in [5, 5.41) is 1.00. The average molecular weight is 315 g/mol. The monoisotopic (exact) mass is 315 g/mol. The number of aromatic nitrogens is 1. The van der Waals surface area contributed by atoms with Crippen molar-refractivity contribution in [2.24, 2.45) is 5.73 Å². The van der Waals surface area contributed by atoms with Gasteiger partial charge in [-0.15, -0.1) is 11.3 Å². The molecule has 1 fully saturated rings. The molecule has 4 nitrogen and oxygen atoms in total. The molecule has 0 aliphatic carbocycles. The molecule has 1 aromatic heterocycles. The molecule has 0 radical (unpaired) electrons. The quantitative estimate of drug-likeness (QED) is 0.947. The Bertz CT molecular complexity index is 645. The standard InChI is InChI=1S/C17H21N3OS/c1-12-16(17(21)20-9-7-14(18)8-10-20)22-15(19-12)11-13-5-3-2-4-6-13/h2-6,14H,7-11,18H2,1H3. The van der Waals surface area contributed by atoms with E-state index in [9.17, 15) is 4.79 Å². The van der Waals surface area contributed by atoms with Crippen molar-refractivity contribution < 1.29 is 4.79 Å². The fourth-order valence-electron chi connectivity index (χ4n) is 2.74. The van der Waals surface area contributed by atoms with Crippen LogP contribution in [0.25, 0.3) is 0 Å². The number of thiazole rings is 1. The van der Waals surface area contributed by atoms with E-state index >= 15 is 0 Å². The molecule has 0 bridgehead atoms. The average Bonchev–Trinajstić information content (AvgIpc) is 2.89. The zero-order valence-corrected chi connectivity index (χ0v) is 13.6. The van der Waals surface area contributed by atoms with Gasteiger partial charge in [-0.25, -0.2) is 4.98 Å². The van der Waals surface area contributed by atoms with Crippen molar-refractivity contribution in [3.05, 3.63) is 51.5 Å². The minimum Gasteiger partial charge on any atom is -0.338 e. The van der Waals surface area contributed by atoms with Crippen LogP contribution in [0.1, 0.15) is 38.8 Å². The Labute approximate surface area is 135 Å². The number of amides is 1. The second-order valence-electron chi connectivity index (χ2n) is 5.81. The fourth-order valence-corrected chi connectivity index (χ4v) is 3.81. The van der Waals surface area contributed by atoms with Crippen molar-refractivity contribution in [1.29, 1.82) is 0 Å². The van der Waals surface area contributed by atoms with Crippen LogP contribution in [-0.2, 0) is 6.42 Å². The molecule has 0 atom stereocenters. The number of benzene rings is 1. The van der Waals surface area contributed by atoms with Gasteiger partial charge in [-0.3, -0.25) is 4.79 Å². The molecule has 1 saturated heterocycles. The van der Waals surface area contributed by atoms with Gasteiger partial charge in [0.2, 0.25) is 0 Å². The molecule has 5 heteroatoms. The molecule has 22 heavy (non-hydrogen) atoms. The molecule has 2 aromatic rings. The maximum atomic E-state index is 12.6. The minimum absolute atomic E-state index is 0.112. The Morgan fingerprint density at radius 3 is 2.68 bits per heavy atom. The maximum absolute atomic E-state index is 12.6. The van der Waals surface area contributed by atoms with Gasteiger partial charge in [0.05, 0.1) is 10.7 Å². The summed E-state index contributed by atoms with van der Waals surface area (Å²) in [6.45, 7) is 3.44. The third-order valence-corrected chi connectivity index (χ3v) is 5.21. The molecule has 116 valence electrons. The molecule has 1 aliphatic heterocycles. The maximum Gasteiger partial charge on any atom is 0.265 e. The number of piperidine rings is 1. The lowest BCUT2D eigenvalue weighted by molar-refractivity contribution is 0.0718. The highest BCUT2D eigenvalue weighted by molar-refractivity contribution is 7.13. The van der Waals surface area contributed by atoms with Crippen LogP contribution in [-0.4, -0.2) is 34.9 Å². The van der Waals surface area contributed by atoms with Crippen molar-refractivity contribution in [3.8, 4) is 0 Å². The van der Waals surface area contributed by atoms with Crippen LogP contribution in [0.15, 0.2) is 30.3 Å². The van der Waals surface area contributed by atoms with Crippen molar-refractivity contribution in [3.63, 3.8) is 0 Å². The van der Waals surface area contributed by atoms with E-state index in [1.54, 1.807) is 0 Å². The summed E-state index contributed by atoms with van der Waals surface area (Å²) in [6, 6.07) is 10.5. The van der Waals surface area contributed by atoms with Crippen LogP contribution in [0, 0.1) is 6.92 Å². The molecule has 0 saturated carbocycles. The highest BCUT2D eigenvalue weighted by atomic mass is 32.1. The number of nitrogens with two attached hydrogens (primary N) is 1. The first-order valence-corrected chi connectivity index (χ1v) is 8.50. The van der Waals surface area contributed by atoms with Crippen LogP contribution < -0.4 is 5.73 Å². The van der Waals surface area contributed by atoms with Gasteiger partial charge in [0.1, 0.15) is 4.88 Å². The van der Waals surface area contributed by atoms with Gasteiger partial charge < -0.3 is 10.6 Å². The van der Waals surface area contributed by atoms with Gasteiger partial charge in [-0.1, -0.05) is 30.3 Å². The number of rotatable bonds is 3. The van der Waals surface area contributed by atoms with Crippen molar-refractivity contribution >= 4 is 17.2 Å². The summed E-state index contributed by atoms with van der Waals surface area (Å²) in [7, 11) is 0. The fraction of sp³-hybridized carbons (Fsp3) is 0.412. The van der Waals surface area contributed by atoms with Gasteiger partial charge in [0, 0.05) is 25.6 Å². The van der Waals surface area contributed by atoms with E-state index in [1.807, 2.05) is 30.0 Å². The number of carbonyl (C=O) groups excluding carboxylic acids is 1. The van der Waals surface area contributed by atoms with Gasteiger partial charge in [0.15, 0.2) is 0 Å². The van der Waals surface area contributed by atoms with E-state index < -0.39 is 0 Å². The van der Waals surface area contributed by atoms with Crippen molar-refractivity contribution in [2.75, 3.05) is 13.1 Å². The highest BCUT2D eigenvalue weighted by Gasteiger charge is 2.25. The SMILES string of the molecule is Cc1nc(Cc2ccccc2)sc1C(=O)N1CCC(N)CC1. The Hall–Kier alpha value is -1.72. The molecule has 1 aromatic carbocycles. The predicted molar refractivity (Wildman–Crippen MR) is 89.2 cm³/mol. The van der Waals surface area contributed by atoms with E-state index in [-0.39, 0.29) is 11.9 Å². The van der Waals surface area contributed by atoms with Crippen molar-refractivity contribution in [2.45, 2.75) is 32.2 Å². The van der Waals surface area contributed by atoms with Gasteiger partial charge >= 0.3 is 0 Å². The molecule has 0 unspecified atom stereocenters. The summed E-state index contributed by atoms with van der Waals surface area (Å²) in [5.41, 5.74) is 7.97. The second kappa shape index (κ2) is 6.58. The normalized spacial score (nSPS) is 16.0. The molecule has 0 spiro atoms. The summed E-state index contributed by atoms with van der Waals surface area (Å²) in [4.78, 5) is 19.9. The highest BCUT2D eigenvalue weighted by Crippen LogP contribution is 2.23. The van der Waals surface area contributed by atoms with Crippen LogP contribution in [0.3, 0.4) is 0 Å². The topological polar surface area (TPSA) is 59.2 Å². The Balaban J connectivity index is 1.73. The number of hydrogen-bond donors (Lipinski definition) is 1. The summed E-state index contributed by atoms with van der Waals surface area (Å²) < 4.78 is 0. The summed E-state index contributed by atoms with van der Waals surface area (Å²) in [5.74, 6) is 0.112. The summed E-state index contributed by atoms with van der Waals surface area (Å²) in [6.07, 6.45) is 2.56. The third-order valence-electron chi connectivity index (χ3n) is 4.06. The number of aryl methyl sites for hydroxylation is 1. The van der Waals surface area contributed by atoms with Crippen molar-refractivity contribution in [1.82, 2.24) is 9.88 Å². The van der Waals surface area contributed by atoms with Crippen LogP contribution in [0.5, 0.6) is 0 Å². The first-order chi connectivity index (χ1) is 10.6. The Kier molecular flexibility index (Phi) is 4.55. The van der Waals surface area contributed by atoms with Crippen LogP contribution in [0.4, 0.5) is 0 Å². The minimum atomic E-state index is 0.112. The lowest BCUT2D eigenvalue weighted by Gasteiger charge is -2.29. The van der Waals surface area contributed by atoms with E-state index in [4.69, 9.17) is 5.73 Å². The van der Waals surface area contributed by atoms with Crippen LogP contribution in [0.2, 0.25) is 0 Å². The Morgan fingerprint density at radius 2 is 2.00 bits per heavy atom. The molecular formula is C17H21N3OS. The van der Waals surface area contributed by atoms with E-state index in [2.05, 4.69) is 17.1 Å². The van der Waals surface area contributed by atoms with E-state index in [0.29, 0.717) is 0 Å². The molecular weight excluding hydrogens is 294 g/mol. The van der Waals surface area contributed by atoms with Gasteiger partial charge in [0.25, 0.3) is 5.91 Å². The largest absolute Gasteiger partial charge is 0.338 e. The van der Waals surface area contributed by atoms with Gasteiger partial charge in [-0.05, 0) is 25.3 Å². The first-order valence-electron chi connectivity index (χ1n) is 7.68. The zero-order valence-electron chi connectivity index (χ0n) is 12.8. The molecule has 1 aliphatic rings.